The van der Waals surface area contributed by atoms with Crippen molar-refractivity contribution in [3.05, 3.63) is 30.2 Å². The Morgan fingerprint density at radius 2 is 1.52 bits per heavy atom. The van der Waals surface area contributed by atoms with Gasteiger partial charge in [-0.15, -0.1) is 0 Å². The lowest BCUT2D eigenvalue weighted by molar-refractivity contribution is 0.122. The lowest BCUT2D eigenvalue weighted by atomic mass is 10.3. The van der Waals surface area contributed by atoms with Crippen LogP contribution in [0.4, 0.5) is 17.5 Å². The van der Waals surface area contributed by atoms with Crippen LogP contribution >= 0.6 is 0 Å². The molecule has 2 aliphatic heterocycles. The van der Waals surface area contributed by atoms with E-state index in [1.807, 2.05) is 17.9 Å². The molecule has 0 aromatic carbocycles. The Balaban J connectivity index is 1.50. The van der Waals surface area contributed by atoms with Gasteiger partial charge in [0.15, 0.2) is 9.84 Å². The van der Waals surface area contributed by atoms with E-state index >= 15 is 0 Å². The number of sulfone groups is 1. The van der Waals surface area contributed by atoms with Gasteiger partial charge in [0.2, 0.25) is 0 Å². The molecule has 2 aliphatic rings. The number of nitrogens with zero attached hydrogens (tertiary/aromatic N) is 6. The summed E-state index contributed by atoms with van der Waals surface area (Å²) in [6.45, 7) is 7.82. The minimum Gasteiger partial charge on any atom is -0.378 e. The maximum Gasteiger partial charge on any atom is 0.179 e. The van der Waals surface area contributed by atoms with Gasteiger partial charge in [-0.1, -0.05) is 0 Å². The third-order valence-corrected chi connectivity index (χ3v) is 6.32. The van der Waals surface area contributed by atoms with E-state index in [-0.39, 0.29) is 4.90 Å². The van der Waals surface area contributed by atoms with Gasteiger partial charge in [0.25, 0.3) is 0 Å². The SMILES string of the molecule is Cc1nc(N2CCOCC2)cc(N2CCN(c3ncccc3S(C)(=O)=O)CC2)n1. The van der Waals surface area contributed by atoms with E-state index in [0.29, 0.717) is 32.1 Å². The zero-order valence-electron chi connectivity index (χ0n) is 16.8. The number of aryl methyl sites for hydroxylation is 1. The van der Waals surface area contributed by atoms with E-state index in [0.717, 1.165) is 43.6 Å². The monoisotopic (exact) mass is 418 g/mol. The molecule has 0 spiro atoms. The highest BCUT2D eigenvalue weighted by molar-refractivity contribution is 7.90. The molecule has 4 rings (SSSR count). The highest BCUT2D eigenvalue weighted by atomic mass is 32.2. The minimum absolute atomic E-state index is 0.279. The molecule has 2 saturated heterocycles. The summed E-state index contributed by atoms with van der Waals surface area (Å²) in [6.07, 6.45) is 2.86. The predicted octanol–water partition coefficient (Wildman–Crippen LogP) is 0.747. The van der Waals surface area contributed by atoms with Crippen LogP contribution in [-0.2, 0) is 14.6 Å². The van der Waals surface area contributed by atoms with Crippen LogP contribution in [0, 0.1) is 6.92 Å². The van der Waals surface area contributed by atoms with Crippen molar-refractivity contribution in [3.63, 3.8) is 0 Å². The molecule has 10 heteroatoms. The van der Waals surface area contributed by atoms with Gasteiger partial charge in [0.1, 0.15) is 28.2 Å². The molecule has 0 bridgehead atoms. The molecule has 4 heterocycles. The number of anilines is 3. The number of aromatic nitrogens is 3. The first-order chi connectivity index (χ1) is 13.9. The number of hydrogen-bond donors (Lipinski definition) is 0. The predicted molar refractivity (Wildman–Crippen MR) is 112 cm³/mol. The Hall–Kier alpha value is -2.46. The fourth-order valence-corrected chi connectivity index (χ4v) is 4.55. The molecule has 2 aromatic rings. The van der Waals surface area contributed by atoms with Crippen LogP contribution in [0.2, 0.25) is 0 Å². The Morgan fingerprint density at radius 3 is 2.14 bits per heavy atom. The highest BCUT2D eigenvalue weighted by Gasteiger charge is 2.25. The summed E-state index contributed by atoms with van der Waals surface area (Å²) in [7, 11) is -3.33. The molecular weight excluding hydrogens is 392 g/mol. The van der Waals surface area contributed by atoms with Crippen LogP contribution in [0.3, 0.4) is 0 Å². The number of pyridine rings is 1. The van der Waals surface area contributed by atoms with Gasteiger partial charge in [-0.2, -0.15) is 0 Å². The Kier molecular flexibility index (Phi) is 5.55. The van der Waals surface area contributed by atoms with Crippen LogP contribution in [0.1, 0.15) is 5.82 Å². The summed E-state index contributed by atoms with van der Waals surface area (Å²) in [5.41, 5.74) is 0. The summed E-state index contributed by atoms with van der Waals surface area (Å²) < 4.78 is 29.6. The molecule has 0 aliphatic carbocycles. The maximum atomic E-state index is 12.1. The molecular formula is C19H26N6O3S. The zero-order chi connectivity index (χ0) is 20.4. The molecule has 9 nitrogen and oxygen atoms in total. The van der Waals surface area contributed by atoms with Crippen LogP contribution in [0.25, 0.3) is 0 Å². The molecule has 0 atom stereocenters. The topological polar surface area (TPSA) is 91.8 Å². The van der Waals surface area contributed by atoms with E-state index in [1.54, 1.807) is 18.3 Å². The van der Waals surface area contributed by atoms with Crippen LogP contribution in [0.5, 0.6) is 0 Å². The summed E-state index contributed by atoms with van der Waals surface area (Å²) >= 11 is 0. The Morgan fingerprint density at radius 1 is 0.931 bits per heavy atom. The number of rotatable bonds is 4. The third kappa shape index (κ3) is 4.43. The Bertz CT molecular complexity index is 970. The van der Waals surface area contributed by atoms with Crippen molar-refractivity contribution in [1.29, 1.82) is 0 Å². The molecule has 0 amide bonds. The van der Waals surface area contributed by atoms with Crippen molar-refractivity contribution in [2.24, 2.45) is 0 Å². The number of morpholine rings is 1. The number of ether oxygens (including phenoxy) is 1. The summed E-state index contributed by atoms with van der Waals surface area (Å²) in [6, 6.07) is 5.32. The number of hydrogen-bond acceptors (Lipinski definition) is 9. The maximum absolute atomic E-state index is 12.1. The fourth-order valence-electron chi connectivity index (χ4n) is 3.71. The smallest absolute Gasteiger partial charge is 0.179 e. The summed E-state index contributed by atoms with van der Waals surface area (Å²) in [5, 5.41) is 0. The quantitative estimate of drug-likeness (QED) is 0.713. The van der Waals surface area contributed by atoms with Gasteiger partial charge in [-0.25, -0.2) is 23.4 Å². The van der Waals surface area contributed by atoms with E-state index in [4.69, 9.17) is 4.74 Å². The van der Waals surface area contributed by atoms with Crippen molar-refractivity contribution in [2.75, 3.05) is 73.4 Å². The van der Waals surface area contributed by atoms with Gasteiger partial charge in [-0.05, 0) is 19.1 Å². The van der Waals surface area contributed by atoms with Crippen molar-refractivity contribution in [3.8, 4) is 0 Å². The lowest BCUT2D eigenvalue weighted by Gasteiger charge is -2.37. The highest BCUT2D eigenvalue weighted by Crippen LogP contribution is 2.26. The first kappa shape index (κ1) is 19.8. The van der Waals surface area contributed by atoms with E-state index in [2.05, 4.69) is 24.8 Å². The van der Waals surface area contributed by atoms with Crippen molar-refractivity contribution < 1.29 is 13.2 Å². The Labute approximate surface area is 171 Å². The molecule has 0 N–H and O–H groups in total. The van der Waals surface area contributed by atoms with Crippen molar-refractivity contribution in [1.82, 2.24) is 15.0 Å². The summed E-state index contributed by atoms with van der Waals surface area (Å²) in [5.74, 6) is 3.11. The first-order valence-electron chi connectivity index (χ1n) is 9.75. The molecule has 0 unspecified atom stereocenters. The van der Waals surface area contributed by atoms with E-state index < -0.39 is 9.84 Å². The van der Waals surface area contributed by atoms with Crippen LogP contribution in [0.15, 0.2) is 29.3 Å². The van der Waals surface area contributed by atoms with Crippen molar-refractivity contribution >= 4 is 27.3 Å². The minimum atomic E-state index is -3.33. The molecule has 0 radical (unpaired) electrons. The molecule has 2 fully saturated rings. The van der Waals surface area contributed by atoms with Gasteiger partial charge in [0, 0.05) is 57.8 Å². The second-order valence-corrected chi connectivity index (χ2v) is 9.29. The third-order valence-electron chi connectivity index (χ3n) is 5.20. The molecule has 0 saturated carbocycles. The summed E-state index contributed by atoms with van der Waals surface area (Å²) in [4.78, 5) is 20.3. The van der Waals surface area contributed by atoms with Crippen LogP contribution < -0.4 is 14.7 Å². The van der Waals surface area contributed by atoms with Crippen LogP contribution in [-0.4, -0.2) is 82.1 Å². The van der Waals surface area contributed by atoms with E-state index in [1.165, 1.54) is 6.26 Å². The normalized spacial score (nSPS) is 18.2. The molecule has 29 heavy (non-hydrogen) atoms. The fraction of sp³-hybridized carbons (Fsp3) is 0.526. The van der Waals surface area contributed by atoms with Gasteiger partial charge in [0.05, 0.1) is 13.2 Å². The molecule has 156 valence electrons. The average molecular weight is 419 g/mol. The largest absolute Gasteiger partial charge is 0.378 e. The van der Waals surface area contributed by atoms with E-state index in [9.17, 15) is 8.42 Å². The first-order valence-corrected chi connectivity index (χ1v) is 11.6. The van der Waals surface area contributed by atoms with Gasteiger partial charge < -0.3 is 19.4 Å². The number of piperazine rings is 1. The van der Waals surface area contributed by atoms with Crippen molar-refractivity contribution in [2.45, 2.75) is 11.8 Å². The standard InChI is InChI=1S/C19H26N6O3S/c1-15-21-17(14-18(22-15)24-10-12-28-13-11-24)23-6-8-25(9-7-23)19-16(29(2,26)27)4-3-5-20-19/h3-5,14H,6-13H2,1-2H3. The van der Waals surface area contributed by atoms with Gasteiger partial charge >= 0.3 is 0 Å². The second-order valence-electron chi connectivity index (χ2n) is 7.30. The molecule has 2 aromatic heterocycles. The van der Waals surface area contributed by atoms with Gasteiger partial charge in [-0.3, -0.25) is 0 Å². The average Bonchev–Trinajstić information content (AvgIpc) is 2.73. The lowest BCUT2D eigenvalue weighted by Crippen LogP contribution is -2.47. The zero-order valence-corrected chi connectivity index (χ0v) is 17.6. The second kappa shape index (κ2) is 8.11.